The van der Waals surface area contributed by atoms with E-state index in [1.54, 1.807) is 24.5 Å². The number of nitrogens with zero attached hydrogens (tertiary/aromatic N) is 2. The second-order valence-corrected chi connectivity index (χ2v) is 11.4. The molecule has 7 nitrogen and oxygen atoms in total. The highest BCUT2D eigenvalue weighted by molar-refractivity contribution is 7.07. The molecule has 5 rings (SSSR count). The van der Waals surface area contributed by atoms with Crippen LogP contribution >= 0.6 is 22.9 Å². The van der Waals surface area contributed by atoms with Gasteiger partial charge in [0.2, 0.25) is 0 Å². The number of benzene rings is 3. The number of hydrogen-bond donors (Lipinski definition) is 0. The zero-order valence-electron chi connectivity index (χ0n) is 23.8. The van der Waals surface area contributed by atoms with E-state index in [4.69, 9.17) is 25.8 Å². The lowest BCUT2D eigenvalue weighted by Crippen LogP contribution is -2.40. The first-order valence-electron chi connectivity index (χ1n) is 13.7. The molecule has 0 amide bonds. The molecule has 1 aliphatic rings. The SMILES string of the molecule is CCOC(=O)C1=C(C)N=c2s/c(=C\c3ccccc3OCc3cccc(Cl)c3)c(=O)n2[C@H]1c1ccccc1OC(C)C. The van der Waals surface area contributed by atoms with Gasteiger partial charge in [-0.1, -0.05) is 71.5 Å². The van der Waals surface area contributed by atoms with Crippen LogP contribution < -0.4 is 24.4 Å². The van der Waals surface area contributed by atoms with E-state index < -0.39 is 12.0 Å². The first-order chi connectivity index (χ1) is 20.3. The van der Waals surface area contributed by atoms with Gasteiger partial charge in [-0.3, -0.25) is 9.36 Å². The molecular weight excluding hydrogens is 572 g/mol. The van der Waals surface area contributed by atoms with Crippen LogP contribution in [0, 0.1) is 0 Å². The number of carbonyl (C=O) groups excluding carboxylic acids is 1. The van der Waals surface area contributed by atoms with Crippen LogP contribution in [-0.2, 0) is 16.1 Å². The Morgan fingerprint density at radius 3 is 2.55 bits per heavy atom. The molecule has 0 aliphatic carbocycles. The molecule has 0 bridgehead atoms. The number of fused-ring (bicyclic) bond motifs is 1. The van der Waals surface area contributed by atoms with Crippen molar-refractivity contribution in [1.29, 1.82) is 0 Å². The largest absolute Gasteiger partial charge is 0.491 e. The molecule has 0 spiro atoms. The van der Waals surface area contributed by atoms with Crippen molar-refractivity contribution < 1.29 is 19.0 Å². The molecule has 0 N–H and O–H groups in total. The minimum absolute atomic E-state index is 0.110. The molecular formula is C33H31ClN2O5S. The number of hydrogen-bond acceptors (Lipinski definition) is 7. The summed E-state index contributed by atoms with van der Waals surface area (Å²) in [4.78, 5) is 32.5. The summed E-state index contributed by atoms with van der Waals surface area (Å²) in [7, 11) is 0. The minimum atomic E-state index is -0.772. The van der Waals surface area contributed by atoms with E-state index in [9.17, 15) is 9.59 Å². The Balaban J connectivity index is 1.63. The van der Waals surface area contributed by atoms with Crippen molar-refractivity contribution in [3.8, 4) is 11.5 Å². The number of aromatic nitrogens is 1. The van der Waals surface area contributed by atoms with E-state index in [0.29, 0.717) is 49.3 Å². The number of rotatable bonds is 9. The van der Waals surface area contributed by atoms with Gasteiger partial charge in [-0.05, 0) is 63.6 Å². The third-order valence-corrected chi connectivity index (χ3v) is 7.80. The average molecular weight is 603 g/mol. The van der Waals surface area contributed by atoms with Crippen LogP contribution in [0.4, 0.5) is 0 Å². The highest BCUT2D eigenvalue weighted by atomic mass is 35.5. The smallest absolute Gasteiger partial charge is 0.338 e. The van der Waals surface area contributed by atoms with Gasteiger partial charge in [0.15, 0.2) is 4.80 Å². The van der Waals surface area contributed by atoms with Crippen LogP contribution in [0.15, 0.2) is 93.9 Å². The summed E-state index contributed by atoms with van der Waals surface area (Å²) < 4.78 is 19.7. The van der Waals surface area contributed by atoms with Gasteiger partial charge in [-0.2, -0.15) is 0 Å². The second kappa shape index (κ2) is 12.8. The minimum Gasteiger partial charge on any atom is -0.491 e. The highest BCUT2D eigenvalue weighted by Gasteiger charge is 2.35. The van der Waals surface area contributed by atoms with Crippen LogP contribution in [0.25, 0.3) is 6.08 Å². The molecule has 42 heavy (non-hydrogen) atoms. The summed E-state index contributed by atoms with van der Waals surface area (Å²) in [5.74, 6) is 0.694. The zero-order chi connectivity index (χ0) is 29.8. The lowest BCUT2D eigenvalue weighted by Gasteiger charge is -2.26. The topological polar surface area (TPSA) is 79.1 Å². The van der Waals surface area contributed by atoms with Crippen LogP contribution in [0.1, 0.15) is 50.4 Å². The quantitative estimate of drug-likeness (QED) is 0.226. The fourth-order valence-corrected chi connectivity index (χ4v) is 6.06. The Bertz CT molecular complexity index is 1840. The predicted molar refractivity (Wildman–Crippen MR) is 165 cm³/mol. The highest BCUT2D eigenvalue weighted by Crippen LogP contribution is 2.36. The summed E-state index contributed by atoms with van der Waals surface area (Å²) in [6.45, 7) is 7.90. The molecule has 0 saturated carbocycles. The summed E-state index contributed by atoms with van der Waals surface area (Å²) in [6.07, 6.45) is 1.69. The van der Waals surface area contributed by atoms with Crippen LogP contribution in [0.5, 0.6) is 11.5 Å². The van der Waals surface area contributed by atoms with Crippen molar-refractivity contribution in [2.24, 2.45) is 4.99 Å². The molecule has 9 heteroatoms. The number of esters is 1. The van der Waals surface area contributed by atoms with Gasteiger partial charge in [0.05, 0.1) is 28.5 Å². The molecule has 0 fully saturated rings. The maximum Gasteiger partial charge on any atom is 0.338 e. The van der Waals surface area contributed by atoms with Crippen LogP contribution in [-0.4, -0.2) is 23.2 Å². The monoisotopic (exact) mass is 602 g/mol. The molecule has 4 aromatic rings. The number of thiazole rings is 1. The van der Waals surface area contributed by atoms with E-state index in [1.807, 2.05) is 86.6 Å². The summed E-state index contributed by atoms with van der Waals surface area (Å²) in [5, 5.41) is 0.637. The van der Waals surface area contributed by atoms with E-state index in [0.717, 1.165) is 11.1 Å². The lowest BCUT2D eigenvalue weighted by atomic mass is 9.95. The Hall–Kier alpha value is -4.14. The van der Waals surface area contributed by atoms with Gasteiger partial charge >= 0.3 is 5.97 Å². The molecule has 3 aromatic carbocycles. The third-order valence-electron chi connectivity index (χ3n) is 6.58. The van der Waals surface area contributed by atoms with Crippen LogP contribution in [0.2, 0.25) is 5.02 Å². The van der Waals surface area contributed by atoms with Gasteiger partial charge in [0, 0.05) is 16.1 Å². The van der Waals surface area contributed by atoms with Crippen molar-refractivity contribution in [1.82, 2.24) is 4.57 Å². The van der Waals surface area contributed by atoms with Crippen molar-refractivity contribution in [3.63, 3.8) is 0 Å². The van der Waals surface area contributed by atoms with Crippen molar-refractivity contribution in [2.45, 2.75) is 46.4 Å². The Morgan fingerprint density at radius 2 is 1.81 bits per heavy atom. The fraction of sp³-hybridized carbons (Fsp3) is 0.242. The molecule has 0 unspecified atom stereocenters. The van der Waals surface area contributed by atoms with E-state index >= 15 is 0 Å². The van der Waals surface area contributed by atoms with Crippen LogP contribution in [0.3, 0.4) is 0 Å². The molecule has 216 valence electrons. The molecule has 1 aromatic heterocycles. The standard InChI is InChI=1S/C33H31ClN2O5S/c1-5-39-32(38)29-21(4)35-33-36(30(29)25-14-7-9-16-27(25)41-20(2)3)31(37)28(42-33)18-23-12-6-8-15-26(23)40-19-22-11-10-13-24(34)17-22/h6-18,20,30H,5,19H2,1-4H3/b28-18-/t30-/m0/s1. The Morgan fingerprint density at radius 1 is 1.07 bits per heavy atom. The number of halogens is 1. The van der Waals surface area contributed by atoms with Gasteiger partial charge in [0.1, 0.15) is 24.1 Å². The Labute approximate surface area is 253 Å². The summed E-state index contributed by atoms with van der Waals surface area (Å²) in [6, 6.07) is 21.7. The zero-order valence-corrected chi connectivity index (χ0v) is 25.4. The number of carbonyl (C=O) groups is 1. The second-order valence-electron chi connectivity index (χ2n) is 9.96. The molecule has 0 saturated heterocycles. The maximum atomic E-state index is 14.1. The maximum absolute atomic E-state index is 14.1. The molecule has 0 radical (unpaired) electrons. The van der Waals surface area contributed by atoms with Gasteiger partial charge in [-0.25, -0.2) is 9.79 Å². The number of allylic oxidation sites excluding steroid dienone is 1. The third kappa shape index (κ3) is 6.20. The molecule has 1 atom stereocenters. The van der Waals surface area contributed by atoms with Crippen molar-refractivity contribution in [3.05, 3.63) is 125 Å². The predicted octanol–water partition coefficient (Wildman–Crippen LogP) is 5.82. The lowest BCUT2D eigenvalue weighted by molar-refractivity contribution is -0.139. The number of ether oxygens (including phenoxy) is 3. The van der Waals surface area contributed by atoms with Crippen molar-refractivity contribution >= 4 is 35.0 Å². The summed E-state index contributed by atoms with van der Waals surface area (Å²) in [5.41, 5.74) is 2.88. The van der Waals surface area contributed by atoms with Gasteiger partial charge < -0.3 is 14.2 Å². The number of para-hydroxylation sites is 2. The molecule has 2 heterocycles. The van der Waals surface area contributed by atoms with Gasteiger partial charge in [-0.15, -0.1) is 0 Å². The first-order valence-corrected chi connectivity index (χ1v) is 14.9. The van der Waals surface area contributed by atoms with E-state index in [-0.39, 0.29) is 18.3 Å². The molecule has 1 aliphatic heterocycles. The first kappa shape index (κ1) is 29.4. The normalized spacial score (nSPS) is 14.9. The fourth-order valence-electron chi connectivity index (χ4n) is 4.81. The Kier molecular flexibility index (Phi) is 8.94. The summed E-state index contributed by atoms with van der Waals surface area (Å²) >= 11 is 7.39. The average Bonchev–Trinajstić information content (AvgIpc) is 3.26. The van der Waals surface area contributed by atoms with E-state index in [2.05, 4.69) is 4.99 Å². The van der Waals surface area contributed by atoms with Gasteiger partial charge in [0.25, 0.3) is 5.56 Å². The van der Waals surface area contributed by atoms with E-state index in [1.165, 1.54) is 11.3 Å². The van der Waals surface area contributed by atoms with Crippen molar-refractivity contribution in [2.75, 3.05) is 6.61 Å².